The first-order chi connectivity index (χ1) is 14.8. The molecule has 0 spiro atoms. The molecule has 0 aromatic heterocycles. The summed E-state index contributed by atoms with van der Waals surface area (Å²) in [7, 11) is -3.18. The van der Waals surface area contributed by atoms with Crippen LogP contribution in [0.4, 0.5) is 0 Å². The summed E-state index contributed by atoms with van der Waals surface area (Å²) in [6, 6.07) is 11.2. The van der Waals surface area contributed by atoms with Gasteiger partial charge in [0.2, 0.25) is 0 Å². The number of unbranched alkanes of at least 4 members (excludes halogenated alkanes) is 7. The van der Waals surface area contributed by atoms with Gasteiger partial charge in [-0.2, -0.15) is 0 Å². The number of carboxylic acids is 1. The largest absolute Gasteiger partial charge is 0.507 e. The van der Waals surface area contributed by atoms with Gasteiger partial charge in [-0.3, -0.25) is 0 Å². The zero-order chi connectivity index (χ0) is 22.7. The molecule has 0 aliphatic rings. The second-order valence-corrected chi connectivity index (χ2v) is 9.90. The summed E-state index contributed by atoms with van der Waals surface area (Å²) in [4.78, 5) is 11.3. The lowest BCUT2D eigenvalue weighted by Crippen LogP contribution is -2.06. The second-order valence-electron chi connectivity index (χ2n) is 7.79. The number of benzene rings is 2. The number of rotatable bonds is 14. The van der Waals surface area contributed by atoms with Crippen molar-refractivity contribution in [1.29, 1.82) is 0 Å². The van der Waals surface area contributed by atoms with Crippen LogP contribution < -0.4 is 4.74 Å². The molecule has 0 amide bonds. The van der Waals surface area contributed by atoms with Crippen molar-refractivity contribution in [3.05, 3.63) is 53.6 Å². The number of aromatic carboxylic acids is 1. The highest BCUT2D eigenvalue weighted by Crippen LogP contribution is 2.24. The van der Waals surface area contributed by atoms with Crippen LogP contribution in [0.3, 0.4) is 0 Å². The quantitative estimate of drug-likeness (QED) is 0.377. The number of sulfone groups is 1. The zero-order valence-electron chi connectivity index (χ0n) is 18.0. The molecule has 0 bridgehead atoms. The summed E-state index contributed by atoms with van der Waals surface area (Å²) >= 11 is 0. The third kappa shape index (κ3) is 8.61. The van der Waals surface area contributed by atoms with E-state index in [0.29, 0.717) is 23.7 Å². The van der Waals surface area contributed by atoms with Crippen molar-refractivity contribution in [3.8, 4) is 11.5 Å². The molecule has 31 heavy (non-hydrogen) atoms. The minimum absolute atomic E-state index is 0.139. The first-order valence-electron chi connectivity index (χ1n) is 10.8. The molecule has 0 aliphatic carbocycles. The molecule has 0 saturated heterocycles. The van der Waals surface area contributed by atoms with Gasteiger partial charge in [-0.05, 0) is 44.0 Å². The third-order valence-electron chi connectivity index (χ3n) is 5.16. The predicted octanol–water partition coefficient (Wildman–Crippen LogP) is 5.37. The molecule has 0 unspecified atom stereocenters. The fourth-order valence-electron chi connectivity index (χ4n) is 3.29. The standard InChI is InChI=1S/C24H32O6S/c1-19-10-13-21(14-11-19)31(28,29)17-9-7-5-3-2-4-6-8-16-30-20-12-15-22(24(26)27)23(25)18-20/h10-15,18,25H,2-9,16-17H2,1H3,(H,26,27). The molecule has 0 aliphatic heterocycles. The lowest BCUT2D eigenvalue weighted by Gasteiger charge is -2.08. The van der Waals surface area contributed by atoms with Crippen molar-refractivity contribution in [3.63, 3.8) is 0 Å². The fraction of sp³-hybridized carbons (Fsp3) is 0.458. The van der Waals surface area contributed by atoms with Gasteiger partial charge >= 0.3 is 5.97 Å². The monoisotopic (exact) mass is 448 g/mol. The Kier molecular flexibility index (Phi) is 9.85. The van der Waals surface area contributed by atoms with Crippen LogP contribution in [0.2, 0.25) is 0 Å². The van der Waals surface area contributed by atoms with E-state index in [4.69, 9.17) is 9.84 Å². The average Bonchev–Trinajstić information content (AvgIpc) is 2.72. The highest BCUT2D eigenvalue weighted by atomic mass is 32.2. The minimum Gasteiger partial charge on any atom is -0.507 e. The zero-order valence-corrected chi connectivity index (χ0v) is 18.9. The van der Waals surface area contributed by atoms with E-state index < -0.39 is 15.8 Å². The SMILES string of the molecule is Cc1ccc(S(=O)(=O)CCCCCCCCCCOc2ccc(C(=O)O)c(O)c2)cc1. The number of hydrogen-bond donors (Lipinski definition) is 2. The molecule has 2 N–H and O–H groups in total. The van der Waals surface area contributed by atoms with Gasteiger partial charge in [-0.15, -0.1) is 0 Å². The van der Waals surface area contributed by atoms with Crippen molar-refractivity contribution < 1.29 is 28.2 Å². The topological polar surface area (TPSA) is 101 Å². The molecule has 0 saturated carbocycles. The maximum Gasteiger partial charge on any atom is 0.339 e. The Bertz CT molecular complexity index is 935. The number of phenols is 1. The summed E-state index contributed by atoms with van der Waals surface area (Å²) in [6.45, 7) is 2.46. The second kappa shape index (κ2) is 12.3. The van der Waals surface area contributed by atoms with Crippen LogP contribution in [-0.2, 0) is 9.84 Å². The Morgan fingerprint density at radius 1 is 0.871 bits per heavy atom. The van der Waals surface area contributed by atoms with E-state index in [-0.39, 0.29) is 17.1 Å². The lowest BCUT2D eigenvalue weighted by atomic mass is 10.1. The number of hydrogen-bond acceptors (Lipinski definition) is 5. The fourth-order valence-corrected chi connectivity index (χ4v) is 4.66. The van der Waals surface area contributed by atoms with Gasteiger partial charge in [0.25, 0.3) is 0 Å². The molecule has 7 heteroatoms. The first kappa shape index (κ1) is 24.7. The van der Waals surface area contributed by atoms with E-state index in [9.17, 15) is 18.3 Å². The summed E-state index contributed by atoms with van der Waals surface area (Å²) in [5.41, 5.74) is 0.916. The first-order valence-corrected chi connectivity index (χ1v) is 12.4. The lowest BCUT2D eigenvalue weighted by molar-refractivity contribution is 0.0693. The van der Waals surface area contributed by atoms with Gasteiger partial charge in [0, 0.05) is 6.07 Å². The van der Waals surface area contributed by atoms with E-state index in [0.717, 1.165) is 50.5 Å². The van der Waals surface area contributed by atoms with Crippen LogP contribution in [-0.4, -0.2) is 37.0 Å². The highest BCUT2D eigenvalue weighted by molar-refractivity contribution is 7.91. The van der Waals surface area contributed by atoms with Gasteiger partial charge in [-0.25, -0.2) is 13.2 Å². The number of ether oxygens (including phenoxy) is 1. The molecular weight excluding hydrogens is 416 g/mol. The van der Waals surface area contributed by atoms with Crippen molar-refractivity contribution in [2.45, 2.75) is 63.2 Å². The van der Waals surface area contributed by atoms with Crippen molar-refractivity contribution in [2.24, 2.45) is 0 Å². The number of carboxylic acid groups (broad SMARTS) is 1. The highest BCUT2D eigenvalue weighted by Gasteiger charge is 2.13. The number of aryl methyl sites for hydroxylation is 1. The van der Waals surface area contributed by atoms with Gasteiger partial charge < -0.3 is 14.9 Å². The third-order valence-corrected chi connectivity index (χ3v) is 6.97. The van der Waals surface area contributed by atoms with Crippen molar-refractivity contribution in [2.75, 3.05) is 12.4 Å². The van der Waals surface area contributed by atoms with Gasteiger partial charge in [0.1, 0.15) is 17.1 Å². The molecule has 6 nitrogen and oxygen atoms in total. The molecule has 2 aromatic rings. The summed E-state index contributed by atoms with van der Waals surface area (Å²) in [6.07, 6.45) is 7.86. The predicted molar refractivity (Wildman–Crippen MR) is 121 cm³/mol. The molecule has 0 radical (unpaired) electrons. The normalized spacial score (nSPS) is 11.4. The smallest absolute Gasteiger partial charge is 0.339 e. The van der Waals surface area contributed by atoms with E-state index in [1.54, 1.807) is 18.2 Å². The molecule has 0 fully saturated rings. The molecule has 170 valence electrons. The summed E-state index contributed by atoms with van der Waals surface area (Å²) in [5.74, 6) is -0.798. The van der Waals surface area contributed by atoms with Crippen molar-refractivity contribution >= 4 is 15.8 Å². The van der Waals surface area contributed by atoms with E-state index >= 15 is 0 Å². The maximum atomic E-state index is 12.3. The Balaban J connectivity index is 1.49. The molecule has 0 atom stereocenters. The van der Waals surface area contributed by atoms with Crippen molar-refractivity contribution in [1.82, 2.24) is 0 Å². The Labute approximate surface area is 184 Å². The summed E-state index contributed by atoms with van der Waals surface area (Å²) < 4.78 is 30.1. The molecule has 2 rings (SSSR count). The molecular formula is C24H32O6S. The van der Waals surface area contributed by atoms with Gasteiger partial charge in [-0.1, -0.05) is 56.2 Å². The average molecular weight is 449 g/mol. The molecule has 2 aromatic carbocycles. The van der Waals surface area contributed by atoms with Crippen LogP contribution >= 0.6 is 0 Å². The maximum absolute atomic E-state index is 12.3. The Morgan fingerprint density at radius 3 is 2.03 bits per heavy atom. The van der Waals surface area contributed by atoms with Crippen LogP contribution in [0.25, 0.3) is 0 Å². The molecule has 0 heterocycles. The Hall–Kier alpha value is -2.54. The van der Waals surface area contributed by atoms with Crippen LogP contribution in [0.15, 0.2) is 47.4 Å². The van der Waals surface area contributed by atoms with E-state index in [2.05, 4.69) is 0 Å². The van der Waals surface area contributed by atoms with Gasteiger partial charge in [0.15, 0.2) is 9.84 Å². The Morgan fingerprint density at radius 2 is 1.45 bits per heavy atom. The summed E-state index contributed by atoms with van der Waals surface area (Å²) in [5, 5.41) is 18.5. The van der Waals surface area contributed by atoms with Gasteiger partial charge in [0.05, 0.1) is 17.3 Å². The minimum atomic E-state index is -3.18. The van der Waals surface area contributed by atoms with Crippen LogP contribution in [0.5, 0.6) is 11.5 Å². The van der Waals surface area contributed by atoms with Crippen LogP contribution in [0.1, 0.15) is 67.3 Å². The van der Waals surface area contributed by atoms with E-state index in [1.165, 1.54) is 12.1 Å². The van der Waals surface area contributed by atoms with E-state index in [1.807, 2.05) is 19.1 Å². The number of carbonyl (C=O) groups is 1. The number of aromatic hydroxyl groups is 1. The van der Waals surface area contributed by atoms with Crippen LogP contribution in [0, 0.1) is 6.92 Å².